The molecule has 0 bridgehead atoms. The summed E-state index contributed by atoms with van der Waals surface area (Å²) in [5.41, 5.74) is 1.79. The summed E-state index contributed by atoms with van der Waals surface area (Å²) in [5.74, 6) is -0.242. The molecule has 0 saturated heterocycles. The Morgan fingerprint density at radius 3 is 1.29 bits per heavy atom. The third-order valence-corrected chi connectivity index (χ3v) is 8.94. The zero-order valence-corrected chi connectivity index (χ0v) is 18.1. The van der Waals surface area contributed by atoms with Gasteiger partial charge in [0.25, 0.3) is 0 Å². The number of benzene rings is 3. The minimum atomic E-state index is -0.121. The van der Waals surface area contributed by atoms with Crippen molar-refractivity contribution >= 4 is 86.1 Å². The first kappa shape index (κ1) is 16.6. The Labute approximate surface area is 171 Å². The first-order valence-electron chi connectivity index (χ1n) is 6.90. The Morgan fingerprint density at radius 2 is 0.917 bits per heavy atom. The number of halogens is 4. The molecule has 4 rings (SSSR count). The highest BCUT2D eigenvalue weighted by atomic mass is 79.9. The summed E-state index contributed by atoms with van der Waals surface area (Å²) in [4.78, 5) is 25.7. The van der Waals surface area contributed by atoms with Crippen LogP contribution in [0.1, 0.15) is 31.8 Å². The molecule has 6 heteroatoms. The molecule has 1 aliphatic carbocycles. The molecule has 0 N–H and O–H groups in total. The van der Waals surface area contributed by atoms with Crippen LogP contribution in [0.5, 0.6) is 0 Å². The number of fused-ring (bicyclic) bond motifs is 3. The minimum Gasteiger partial charge on any atom is -0.289 e. The number of carbonyl (C=O) groups excluding carboxylic acids is 2. The second-order valence-corrected chi connectivity index (χ2v) is 8.58. The molecule has 0 fully saturated rings. The fourth-order valence-electron chi connectivity index (χ4n) is 2.94. The molecule has 0 aromatic heterocycles. The van der Waals surface area contributed by atoms with Crippen molar-refractivity contribution in [3.05, 3.63) is 76.5 Å². The zero-order chi connectivity index (χ0) is 17.2. The van der Waals surface area contributed by atoms with E-state index in [0.29, 0.717) is 22.3 Å². The maximum Gasteiger partial charge on any atom is 0.194 e. The summed E-state index contributed by atoms with van der Waals surface area (Å²) < 4.78 is 3.34. The van der Waals surface area contributed by atoms with Crippen LogP contribution in [0.15, 0.2) is 54.3 Å². The molecule has 0 amide bonds. The van der Waals surface area contributed by atoms with Crippen LogP contribution in [-0.2, 0) is 0 Å². The van der Waals surface area contributed by atoms with Gasteiger partial charge >= 0.3 is 0 Å². The lowest BCUT2D eigenvalue weighted by Gasteiger charge is -2.19. The first-order valence-corrected chi connectivity index (χ1v) is 10.1. The van der Waals surface area contributed by atoms with E-state index < -0.39 is 0 Å². The molecule has 118 valence electrons. The summed E-state index contributed by atoms with van der Waals surface area (Å²) in [6, 6.07) is 10.5. The van der Waals surface area contributed by atoms with Gasteiger partial charge in [-0.3, -0.25) is 9.59 Å². The smallest absolute Gasteiger partial charge is 0.194 e. The van der Waals surface area contributed by atoms with Gasteiger partial charge in [-0.05, 0) is 86.6 Å². The van der Waals surface area contributed by atoms with E-state index in [1.807, 2.05) is 0 Å². The minimum absolute atomic E-state index is 0.121. The van der Waals surface area contributed by atoms with Crippen LogP contribution in [0, 0.1) is 0 Å². The SMILES string of the molecule is O=C1c2ccccc2C(=O)c2cc3c(Br)c(Br)c(Br)c(Br)c3cc21. The molecular weight excluding hydrogens is 568 g/mol. The van der Waals surface area contributed by atoms with Gasteiger partial charge in [0.15, 0.2) is 11.6 Å². The van der Waals surface area contributed by atoms with Crippen molar-refractivity contribution in [2.24, 2.45) is 0 Å². The van der Waals surface area contributed by atoms with Crippen molar-refractivity contribution in [1.29, 1.82) is 0 Å². The molecule has 0 radical (unpaired) electrons. The van der Waals surface area contributed by atoms with Crippen LogP contribution in [0.4, 0.5) is 0 Å². The van der Waals surface area contributed by atoms with E-state index in [2.05, 4.69) is 63.7 Å². The first-order chi connectivity index (χ1) is 11.4. The van der Waals surface area contributed by atoms with Gasteiger partial charge in [0.1, 0.15) is 0 Å². The highest BCUT2D eigenvalue weighted by Gasteiger charge is 2.30. The Kier molecular flexibility index (Phi) is 4.07. The fourth-order valence-corrected chi connectivity index (χ4v) is 5.35. The molecule has 0 atom stereocenters. The maximum absolute atomic E-state index is 12.8. The zero-order valence-electron chi connectivity index (χ0n) is 11.8. The van der Waals surface area contributed by atoms with E-state index in [1.54, 1.807) is 36.4 Å². The summed E-state index contributed by atoms with van der Waals surface area (Å²) in [6.07, 6.45) is 0. The van der Waals surface area contributed by atoms with Crippen molar-refractivity contribution in [2.45, 2.75) is 0 Å². The standard InChI is InChI=1S/C18H6Br4O2/c19-13-9-5-11-12(6-10(9)14(20)16(22)15(13)21)18(24)8-4-2-1-3-7(8)17(11)23/h1-6H. The summed E-state index contributed by atoms with van der Waals surface area (Å²) >= 11 is 14.2. The van der Waals surface area contributed by atoms with Gasteiger partial charge in [0.05, 0.1) is 0 Å². The van der Waals surface area contributed by atoms with Crippen molar-refractivity contribution in [3.63, 3.8) is 0 Å². The van der Waals surface area contributed by atoms with Crippen LogP contribution in [-0.4, -0.2) is 11.6 Å². The summed E-state index contributed by atoms with van der Waals surface area (Å²) in [5, 5.41) is 1.72. The fraction of sp³-hybridized carbons (Fsp3) is 0. The van der Waals surface area contributed by atoms with E-state index in [4.69, 9.17) is 0 Å². The topological polar surface area (TPSA) is 34.1 Å². The molecule has 1 aliphatic rings. The largest absolute Gasteiger partial charge is 0.289 e. The summed E-state index contributed by atoms with van der Waals surface area (Å²) in [6.45, 7) is 0. The number of rotatable bonds is 0. The number of hydrogen-bond acceptors (Lipinski definition) is 2. The quantitative estimate of drug-likeness (QED) is 0.174. The van der Waals surface area contributed by atoms with Crippen molar-refractivity contribution in [3.8, 4) is 0 Å². The number of ketones is 2. The molecule has 3 aromatic carbocycles. The maximum atomic E-state index is 12.8. The molecular formula is C18H6Br4O2. The van der Waals surface area contributed by atoms with E-state index in [9.17, 15) is 9.59 Å². The second-order valence-electron chi connectivity index (χ2n) is 5.40. The van der Waals surface area contributed by atoms with Crippen molar-refractivity contribution in [1.82, 2.24) is 0 Å². The molecule has 0 spiro atoms. The normalized spacial score (nSPS) is 13.2. The van der Waals surface area contributed by atoms with Crippen molar-refractivity contribution < 1.29 is 9.59 Å². The monoisotopic (exact) mass is 570 g/mol. The van der Waals surface area contributed by atoms with Crippen LogP contribution >= 0.6 is 63.7 Å². The number of hydrogen-bond donors (Lipinski definition) is 0. The molecule has 2 nitrogen and oxygen atoms in total. The van der Waals surface area contributed by atoms with Gasteiger partial charge in [-0.15, -0.1) is 0 Å². The van der Waals surface area contributed by atoms with E-state index in [0.717, 1.165) is 28.7 Å². The molecule has 0 unspecified atom stereocenters. The predicted octanol–water partition coefficient (Wildman–Crippen LogP) is 6.67. The Hall–Kier alpha value is -0.820. The lowest BCUT2D eigenvalue weighted by molar-refractivity contribution is 0.0979. The molecule has 3 aromatic rings. The van der Waals surface area contributed by atoms with E-state index in [-0.39, 0.29) is 11.6 Å². The van der Waals surface area contributed by atoms with Gasteiger partial charge in [-0.25, -0.2) is 0 Å². The van der Waals surface area contributed by atoms with E-state index >= 15 is 0 Å². The molecule has 0 heterocycles. The van der Waals surface area contributed by atoms with Crippen LogP contribution in [0.25, 0.3) is 10.8 Å². The lowest BCUT2D eigenvalue weighted by atomic mass is 9.83. The highest BCUT2D eigenvalue weighted by molar-refractivity contribution is 9.15. The second kappa shape index (κ2) is 5.87. The highest BCUT2D eigenvalue weighted by Crippen LogP contribution is 2.45. The van der Waals surface area contributed by atoms with Crippen LogP contribution in [0.2, 0.25) is 0 Å². The van der Waals surface area contributed by atoms with E-state index in [1.165, 1.54) is 0 Å². The third kappa shape index (κ3) is 2.23. The van der Waals surface area contributed by atoms with Gasteiger partial charge in [0, 0.05) is 40.1 Å². The van der Waals surface area contributed by atoms with Gasteiger partial charge in [-0.1, -0.05) is 24.3 Å². The molecule has 24 heavy (non-hydrogen) atoms. The Bertz CT molecular complexity index is 1000. The van der Waals surface area contributed by atoms with Crippen LogP contribution in [0.3, 0.4) is 0 Å². The van der Waals surface area contributed by atoms with Gasteiger partial charge < -0.3 is 0 Å². The Balaban J connectivity index is 2.13. The van der Waals surface area contributed by atoms with Gasteiger partial charge in [0.2, 0.25) is 0 Å². The summed E-state index contributed by atoms with van der Waals surface area (Å²) in [7, 11) is 0. The third-order valence-electron chi connectivity index (χ3n) is 4.11. The predicted molar refractivity (Wildman–Crippen MR) is 108 cm³/mol. The average Bonchev–Trinajstić information content (AvgIpc) is 2.61. The molecule has 0 aliphatic heterocycles. The van der Waals surface area contributed by atoms with Gasteiger partial charge in [-0.2, -0.15) is 0 Å². The Morgan fingerprint density at radius 1 is 0.542 bits per heavy atom. The van der Waals surface area contributed by atoms with Crippen LogP contribution < -0.4 is 0 Å². The molecule has 0 saturated carbocycles. The lowest BCUT2D eigenvalue weighted by Crippen LogP contribution is -2.20. The number of carbonyl (C=O) groups is 2. The average molecular weight is 574 g/mol. The van der Waals surface area contributed by atoms with Crippen molar-refractivity contribution in [2.75, 3.05) is 0 Å².